The van der Waals surface area contributed by atoms with Crippen LogP contribution in [0.5, 0.6) is 0 Å². The van der Waals surface area contributed by atoms with Gasteiger partial charge in [0.2, 0.25) is 0 Å². The maximum atomic E-state index is 9.24. The Bertz CT molecular complexity index is 196. The van der Waals surface area contributed by atoms with E-state index in [2.05, 4.69) is 8.62 Å². The van der Waals surface area contributed by atoms with Crippen LogP contribution in [0.15, 0.2) is 0 Å². The van der Waals surface area contributed by atoms with Gasteiger partial charge in [-0.05, 0) is 18.3 Å². The molecule has 0 fully saturated rings. The smallest absolute Gasteiger partial charge is 0.563 e. The van der Waals surface area contributed by atoms with E-state index in [4.69, 9.17) is 0 Å². The quantitative estimate of drug-likeness (QED) is 0.417. The Balaban J connectivity index is -0.000000180. The van der Waals surface area contributed by atoms with Crippen LogP contribution in [-0.2, 0) is 46.7 Å². The van der Waals surface area contributed by atoms with Crippen molar-refractivity contribution in [2.75, 3.05) is 0 Å². The van der Waals surface area contributed by atoms with Crippen LogP contribution in [0, 0.1) is 0 Å². The molecule has 15 heavy (non-hydrogen) atoms. The third kappa shape index (κ3) is 31.3. The minimum Gasteiger partial charge on any atom is -0.563 e. The third-order valence-electron chi connectivity index (χ3n) is 0.267. The molecule has 0 N–H and O–H groups in total. The van der Waals surface area contributed by atoms with Crippen LogP contribution in [0.4, 0.5) is 0 Å². The van der Waals surface area contributed by atoms with E-state index in [1.807, 2.05) is 0 Å². The summed E-state index contributed by atoms with van der Waals surface area (Å²) in [6, 6.07) is 0. The summed E-state index contributed by atoms with van der Waals surface area (Å²) in [5, 5.41) is 0. The van der Waals surface area contributed by atoms with Crippen molar-refractivity contribution >= 4 is 33.0 Å². The summed E-state index contributed by atoms with van der Waals surface area (Å²) in [5.74, 6) is 0. The molecule has 0 heterocycles. The van der Waals surface area contributed by atoms with Gasteiger partial charge in [0.15, 0.2) is 0 Å². The monoisotopic (exact) mass is 476 g/mol. The molecule has 0 amide bonds. The van der Waals surface area contributed by atoms with Gasteiger partial charge < -0.3 is 19.6 Å². The molecule has 10 nitrogen and oxygen atoms in total. The fraction of sp³-hybridized carbons (Fsp3) is 0. The standard InChI is InChI=1S/2O5P2.Os/c2*1-6(2)5-7(3)4;/q;;+4. The molecular formula is O10OsP4+4. The Morgan fingerprint density at radius 3 is 0.733 bits per heavy atom. The second-order valence-electron chi connectivity index (χ2n) is 1.06. The second-order valence-corrected chi connectivity index (χ2v) is 4.15. The summed E-state index contributed by atoms with van der Waals surface area (Å²) in [6.45, 7) is 0. The normalized spacial score (nSPS) is 12.5. The van der Waals surface area contributed by atoms with Crippen LogP contribution in [0.2, 0.25) is 0 Å². The van der Waals surface area contributed by atoms with Crippen LogP contribution in [0.3, 0.4) is 0 Å². The molecule has 0 aromatic heterocycles. The first kappa shape index (κ1) is 21.1. The Kier molecular flexibility index (Phi) is 18.1. The molecule has 0 aliphatic carbocycles. The van der Waals surface area contributed by atoms with Crippen molar-refractivity contribution < 1.29 is 66.2 Å². The summed E-state index contributed by atoms with van der Waals surface area (Å²) in [7, 11) is -12.9. The van der Waals surface area contributed by atoms with E-state index in [1.165, 1.54) is 0 Å². The predicted molar refractivity (Wildman–Crippen MR) is 32.6 cm³/mol. The van der Waals surface area contributed by atoms with E-state index in [-0.39, 0.29) is 19.8 Å². The zero-order chi connectivity index (χ0) is 11.7. The molecule has 0 bridgehead atoms. The topological polar surface area (TPSA) is 179 Å². The van der Waals surface area contributed by atoms with Crippen molar-refractivity contribution in [3.05, 3.63) is 0 Å². The molecular weight excluding hydrogens is 474 g/mol. The minimum absolute atomic E-state index is 0. The SMILES string of the molecule is O=[P+]([O-])O[P+](=O)[O-].O=[P+]([O-])O[P+](=O)[O-].[Os+4]. The van der Waals surface area contributed by atoms with Gasteiger partial charge in [0.25, 0.3) is 0 Å². The zero-order valence-corrected chi connectivity index (χ0v) is 12.3. The molecule has 4 atom stereocenters. The molecule has 4 unspecified atom stereocenters. The van der Waals surface area contributed by atoms with Gasteiger partial charge >= 0.3 is 52.8 Å². The van der Waals surface area contributed by atoms with Gasteiger partial charge in [-0.3, -0.25) is 0 Å². The summed E-state index contributed by atoms with van der Waals surface area (Å²) in [4.78, 5) is 37.0. The maximum Gasteiger partial charge on any atom is 4.00 e. The molecule has 0 saturated carbocycles. The van der Waals surface area contributed by atoms with Gasteiger partial charge in [-0.2, -0.15) is 0 Å². The van der Waals surface area contributed by atoms with Gasteiger partial charge in [-0.1, -0.05) is 0 Å². The maximum absolute atomic E-state index is 9.24. The van der Waals surface area contributed by atoms with E-state index in [9.17, 15) is 37.8 Å². The van der Waals surface area contributed by atoms with Crippen LogP contribution < -0.4 is 19.6 Å². The van der Waals surface area contributed by atoms with Crippen LogP contribution in [0.25, 0.3) is 0 Å². The molecule has 0 aliphatic heterocycles. The van der Waals surface area contributed by atoms with E-state index >= 15 is 0 Å². The Morgan fingerprint density at radius 2 is 0.733 bits per heavy atom. The van der Waals surface area contributed by atoms with Crippen LogP contribution >= 0.6 is 33.0 Å². The van der Waals surface area contributed by atoms with E-state index in [0.717, 1.165) is 0 Å². The number of hydrogen-bond acceptors (Lipinski definition) is 10. The second kappa shape index (κ2) is 12.9. The Labute approximate surface area is 99.5 Å². The van der Waals surface area contributed by atoms with Crippen LogP contribution in [-0.4, -0.2) is 0 Å². The molecule has 0 spiro atoms. The predicted octanol–water partition coefficient (Wildman–Crippen LogP) is -1.93. The largest absolute Gasteiger partial charge is 4.00 e. The first-order chi connectivity index (χ1) is 6.25. The minimum atomic E-state index is -3.24. The van der Waals surface area contributed by atoms with Crippen molar-refractivity contribution in [2.45, 2.75) is 0 Å². The van der Waals surface area contributed by atoms with Gasteiger partial charge in [-0.15, -0.1) is 0 Å². The summed E-state index contributed by atoms with van der Waals surface area (Å²) >= 11 is 0. The molecule has 0 aliphatic rings. The van der Waals surface area contributed by atoms with Crippen molar-refractivity contribution in [1.82, 2.24) is 0 Å². The molecule has 15 heteroatoms. The van der Waals surface area contributed by atoms with Gasteiger partial charge in [0, 0.05) is 0 Å². The first-order valence-corrected chi connectivity index (χ1v) is 6.57. The summed E-state index contributed by atoms with van der Waals surface area (Å²) in [5.41, 5.74) is 0. The van der Waals surface area contributed by atoms with E-state index in [1.54, 1.807) is 0 Å². The molecule has 0 aromatic rings. The van der Waals surface area contributed by atoms with E-state index < -0.39 is 33.0 Å². The van der Waals surface area contributed by atoms with Gasteiger partial charge in [0.1, 0.15) is 8.62 Å². The fourth-order valence-corrected chi connectivity index (χ4v) is 0.980. The average molecular weight is 474 g/mol. The van der Waals surface area contributed by atoms with Gasteiger partial charge in [-0.25, -0.2) is 0 Å². The molecule has 0 radical (unpaired) electrons. The van der Waals surface area contributed by atoms with Crippen molar-refractivity contribution in [3.63, 3.8) is 0 Å². The average Bonchev–Trinajstić information content (AvgIpc) is 1.79. The summed E-state index contributed by atoms with van der Waals surface area (Å²) < 4.78 is 43.3. The van der Waals surface area contributed by atoms with Crippen molar-refractivity contribution in [2.24, 2.45) is 0 Å². The Morgan fingerprint density at radius 1 is 0.600 bits per heavy atom. The van der Waals surface area contributed by atoms with E-state index in [0.29, 0.717) is 0 Å². The molecule has 0 rings (SSSR count). The third-order valence-corrected chi connectivity index (χ3v) is 2.40. The summed E-state index contributed by atoms with van der Waals surface area (Å²) in [6.07, 6.45) is 0. The first-order valence-electron chi connectivity index (χ1n) is 2.19. The molecule has 84 valence electrons. The Hall–Kier alpha value is 0.796. The zero-order valence-electron chi connectivity index (χ0n) is 6.22. The number of hydrogen-bond donors (Lipinski definition) is 0. The fourth-order valence-electron chi connectivity index (χ4n) is 0.109. The number of rotatable bonds is 4. The van der Waals surface area contributed by atoms with Crippen LogP contribution in [0.1, 0.15) is 0 Å². The molecule has 0 aromatic carbocycles. The van der Waals surface area contributed by atoms with Crippen molar-refractivity contribution in [1.29, 1.82) is 0 Å². The van der Waals surface area contributed by atoms with Gasteiger partial charge in [0.05, 0.1) is 0 Å². The molecule has 0 saturated heterocycles. The van der Waals surface area contributed by atoms with Crippen molar-refractivity contribution in [3.8, 4) is 0 Å².